The van der Waals surface area contributed by atoms with Gasteiger partial charge < -0.3 is 10.2 Å². The molecule has 0 fully saturated rings. The lowest BCUT2D eigenvalue weighted by Gasteiger charge is -2.19. The average Bonchev–Trinajstić information content (AvgIpc) is 2.45. The molecule has 0 spiro atoms. The fraction of sp³-hybridized carbons (Fsp3) is 0.562. The van der Waals surface area contributed by atoms with Gasteiger partial charge in [0.2, 0.25) is 0 Å². The van der Waals surface area contributed by atoms with Crippen molar-refractivity contribution in [2.45, 2.75) is 39.2 Å². The van der Waals surface area contributed by atoms with Crippen LogP contribution in [0.3, 0.4) is 0 Å². The number of aromatic nitrogens is 1. The van der Waals surface area contributed by atoms with E-state index in [-0.39, 0.29) is 0 Å². The molecular formula is C16H27N3. The summed E-state index contributed by atoms with van der Waals surface area (Å²) in [7, 11) is 2.11. The van der Waals surface area contributed by atoms with Gasteiger partial charge in [0.15, 0.2) is 0 Å². The van der Waals surface area contributed by atoms with Crippen molar-refractivity contribution in [3.63, 3.8) is 0 Å². The van der Waals surface area contributed by atoms with Crippen LogP contribution in [-0.4, -0.2) is 25.1 Å². The Morgan fingerprint density at radius 1 is 1.47 bits per heavy atom. The molecule has 0 radical (unpaired) electrons. The van der Waals surface area contributed by atoms with Crippen LogP contribution in [-0.2, 0) is 0 Å². The molecule has 0 aliphatic heterocycles. The molecule has 0 aromatic carbocycles. The Kier molecular flexibility index (Phi) is 7.19. The van der Waals surface area contributed by atoms with Crippen molar-refractivity contribution in [1.82, 2.24) is 10.3 Å². The predicted molar refractivity (Wildman–Crippen MR) is 83.6 cm³/mol. The van der Waals surface area contributed by atoms with Crippen LogP contribution in [0, 0.1) is 0 Å². The lowest BCUT2D eigenvalue weighted by molar-refractivity contribution is 0.558. The zero-order chi connectivity index (χ0) is 14.1. The molecule has 0 saturated heterocycles. The lowest BCUT2D eigenvalue weighted by atomic mass is 10.2. The van der Waals surface area contributed by atoms with E-state index in [1.54, 1.807) is 0 Å². The molecule has 0 aliphatic carbocycles. The molecule has 0 amide bonds. The first-order chi connectivity index (χ1) is 9.19. The second-order valence-corrected chi connectivity index (χ2v) is 4.97. The van der Waals surface area contributed by atoms with Crippen LogP contribution in [0.2, 0.25) is 0 Å². The highest BCUT2D eigenvalue weighted by atomic mass is 15.1. The Hall–Kier alpha value is -1.35. The minimum absolute atomic E-state index is 0.320. The molecule has 1 aromatic rings. The molecule has 1 aromatic heterocycles. The summed E-state index contributed by atoms with van der Waals surface area (Å²) in [6.45, 7) is 10.2. The van der Waals surface area contributed by atoms with Crippen LogP contribution in [0.5, 0.6) is 0 Å². The second kappa shape index (κ2) is 8.70. The molecule has 0 aliphatic rings. The summed E-state index contributed by atoms with van der Waals surface area (Å²) in [5.74, 6) is 0. The van der Waals surface area contributed by atoms with Gasteiger partial charge in [-0.25, -0.2) is 0 Å². The Morgan fingerprint density at radius 2 is 2.26 bits per heavy atom. The predicted octanol–water partition coefficient (Wildman–Crippen LogP) is 3.54. The molecule has 1 atom stereocenters. The summed E-state index contributed by atoms with van der Waals surface area (Å²) >= 11 is 0. The monoisotopic (exact) mass is 261 g/mol. The number of nitrogens with one attached hydrogen (secondary N) is 1. The number of pyridine rings is 1. The van der Waals surface area contributed by atoms with Gasteiger partial charge in [-0.1, -0.05) is 13.0 Å². The maximum absolute atomic E-state index is 4.56. The summed E-state index contributed by atoms with van der Waals surface area (Å²) in [5.41, 5.74) is 2.28. The summed E-state index contributed by atoms with van der Waals surface area (Å²) in [6.07, 6.45) is 7.28. The zero-order valence-electron chi connectivity index (χ0n) is 12.5. The number of rotatable bonds is 9. The Balaban J connectivity index is 2.52. The Bertz CT molecular complexity index is 359. The van der Waals surface area contributed by atoms with Crippen molar-refractivity contribution in [1.29, 1.82) is 0 Å². The standard InChI is InChI=1S/C16H27N3/c1-5-7-8-12-19(4)15-9-10-16(18-13-15)14(3)17-11-6-2/h5,9-10,13-14,17H,1,6-8,11-12H2,2-4H3. The van der Waals surface area contributed by atoms with Crippen molar-refractivity contribution in [2.75, 3.05) is 25.0 Å². The molecule has 106 valence electrons. The SMILES string of the molecule is C=CCCCN(C)c1ccc(C(C)NCCC)nc1. The van der Waals surface area contributed by atoms with E-state index < -0.39 is 0 Å². The lowest BCUT2D eigenvalue weighted by Crippen LogP contribution is -2.21. The van der Waals surface area contributed by atoms with Crippen LogP contribution in [0.25, 0.3) is 0 Å². The molecule has 1 unspecified atom stereocenters. The molecule has 0 saturated carbocycles. The topological polar surface area (TPSA) is 28.2 Å². The van der Waals surface area contributed by atoms with Crippen molar-refractivity contribution in [3.05, 3.63) is 36.7 Å². The number of hydrogen-bond donors (Lipinski definition) is 1. The normalized spacial score (nSPS) is 12.2. The van der Waals surface area contributed by atoms with Gasteiger partial charge in [0.25, 0.3) is 0 Å². The minimum Gasteiger partial charge on any atom is -0.373 e. The van der Waals surface area contributed by atoms with Crippen molar-refractivity contribution < 1.29 is 0 Å². The fourth-order valence-corrected chi connectivity index (χ4v) is 1.95. The Labute approximate surface area is 117 Å². The van der Waals surface area contributed by atoms with Crippen LogP contribution < -0.4 is 10.2 Å². The van der Waals surface area contributed by atoms with E-state index in [9.17, 15) is 0 Å². The molecular weight excluding hydrogens is 234 g/mol. The Morgan fingerprint density at radius 3 is 2.84 bits per heavy atom. The van der Waals surface area contributed by atoms with Gasteiger partial charge in [-0.05, 0) is 44.9 Å². The summed E-state index contributed by atoms with van der Waals surface area (Å²) in [6, 6.07) is 4.59. The van der Waals surface area contributed by atoms with E-state index >= 15 is 0 Å². The maximum atomic E-state index is 4.56. The van der Waals surface area contributed by atoms with Gasteiger partial charge in [0, 0.05) is 19.6 Å². The first kappa shape index (κ1) is 15.7. The van der Waals surface area contributed by atoms with E-state index in [0.29, 0.717) is 6.04 Å². The fourth-order valence-electron chi connectivity index (χ4n) is 1.95. The highest BCUT2D eigenvalue weighted by Crippen LogP contribution is 2.15. The van der Waals surface area contributed by atoms with E-state index in [4.69, 9.17) is 0 Å². The van der Waals surface area contributed by atoms with Gasteiger partial charge in [-0.15, -0.1) is 6.58 Å². The zero-order valence-corrected chi connectivity index (χ0v) is 12.5. The molecule has 1 heterocycles. The van der Waals surface area contributed by atoms with Gasteiger partial charge in [0.1, 0.15) is 0 Å². The maximum Gasteiger partial charge on any atom is 0.0572 e. The highest BCUT2D eigenvalue weighted by molar-refractivity contribution is 5.43. The second-order valence-electron chi connectivity index (χ2n) is 4.97. The highest BCUT2D eigenvalue weighted by Gasteiger charge is 2.06. The third kappa shape index (κ3) is 5.43. The van der Waals surface area contributed by atoms with Crippen LogP contribution in [0.1, 0.15) is 44.8 Å². The number of nitrogens with zero attached hydrogens (tertiary/aromatic N) is 2. The molecule has 19 heavy (non-hydrogen) atoms. The van der Waals surface area contributed by atoms with Gasteiger partial charge in [-0.3, -0.25) is 4.98 Å². The molecule has 0 bridgehead atoms. The van der Waals surface area contributed by atoms with Gasteiger partial charge in [0.05, 0.1) is 17.6 Å². The smallest absolute Gasteiger partial charge is 0.0572 e. The third-order valence-electron chi connectivity index (χ3n) is 3.26. The summed E-state index contributed by atoms with van der Waals surface area (Å²) in [5, 5.41) is 3.45. The van der Waals surface area contributed by atoms with E-state index in [1.807, 2.05) is 12.3 Å². The molecule has 3 heteroatoms. The number of hydrogen-bond acceptors (Lipinski definition) is 3. The van der Waals surface area contributed by atoms with E-state index in [2.05, 4.69) is 54.8 Å². The van der Waals surface area contributed by atoms with Gasteiger partial charge in [-0.2, -0.15) is 0 Å². The van der Waals surface area contributed by atoms with E-state index in [0.717, 1.165) is 38.0 Å². The van der Waals surface area contributed by atoms with Crippen LogP contribution >= 0.6 is 0 Å². The third-order valence-corrected chi connectivity index (χ3v) is 3.26. The van der Waals surface area contributed by atoms with Crippen LogP contribution in [0.4, 0.5) is 5.69 Å². The first-order valence-electron chi connectivity index (χ1n) is 7.20. The van der Waals surface area contributed by atoms with Crippen molar-refractivity contribution in [3.8, 4) is 0 Å². The summed E-state index contributed by atoms with van der Waals surface area (Å²) in [4.78, 5) is 6.80. The van der Waals surface area contributed by atoms with E-state index in [1.165, 1.54) is 5.69 Å². The summed E-state index contributed by atoms with van der Waals surface area (Å²) < 4.78 is 0. The van der Waals surface area contributed by atoms with Crippen molar-refractivity contribution in [2.24, 2.45) is 0 Å². The molecule has 3 nitrogen and oxygen atoms in total. The first-order valence-corrected chi connectivity index (χ1v) is 7.20. The van der Waals surface area contributed by atoms with Crippen molar-refractivity contribution >= 4 is 5.69 Å². The molecule has 1 N–H and O–H groups in total. The quantitative estimate of drug-likeness (QED) is 0.544. The average molecular weight is 261 g/mol. The molecule has 1 rings (SSSR count). The van der Waals surface area contributed by atoms with Gasteiger partial charge >= 0.3 is 0 Å². The number of anilines is 1. The largest absolute Gasteiger partial charge is 0.373 e. The number of unbranched alkanes of at least 4 members (excludes halogenated alkanes) is 1. The van der Waals surface area contributed by atoms with Crippen LogP contribution in [0.15, 0.2) is 31.0 Å². The minimum atomic E-state index is 0.320. The number of allylic oxidation sites excluding steroid dienone is 1.